The number of hydrogen-bond acceptors (Lipinski definition) is 3. The molecular formula is C13H19N3O. The van der Waals surface area contributed by atoms with Gasteiger partial charge in [-0.05, 0) is 31.0 Å². The van der Waals surface area contributed by atoms with Crippen LogP contribution in [0.1, 0.15) is 30.5 Å². The number of pyridine rings is 1. The minimum Gasteiger partial charge on any atom is -0.338 e. The van der Waals surface area contributed by atoms with E-state index in [1.165, 1.54) is 5.56 Å². The first-order chi connectivity index (χ1) is 8.31. The van der Waals surface area contributed by atoms with Gasteiger partial charge in [0.1, 0.15) is 0 Å². The second-order valence-corrected chi connectivity index (χ2v) is 4.42. The number of amides is 1. The Bertz CT molecular complexity index is 392. The predicted molar refractivity (Wildman–Crippen MR) is 66.3 cm³/mol. The van der Waals surface area contributed by atoms with Crippen molar-refractivity contribution in [3.8, 4) is 0 Å². The molecule has 0 aliphatic carbocycles. The van der Waals surface area contributed by atoms with Crippen molar-refractivity contribution in [1.82, 2.24) is 9.88 Å². The normalized spacial score (nSPS) is 14.5. The number of carbonyl (C=O) groups is 1. The van der Waals surface area contributed by atoms with Gasteiger partial charge in [-0.1, -0.05) is 6.07 Å². The third-order valence-corrected chi connectivity index (χ3v) is 3.16. The minimum atomic E-state index is 0.243. The Balaban J connectivity index is 1.91. The highest BCUT2D eigenvalue weighted by molar-refractivity contribution is 5.76. The molecule has 4 heteroatoms. The molecule has 1 aliphatic heterocycles. The third-order valence-electron chi connectivity index (χ3n) is 3.16. The monoisotopic (exact) mass is 233 g/mol. The van der Waals surface area contributed by atoms with E-state index in [2.05, 4.69) is 11.1 Å². The van der Waals surface area contributed by atoms with Gasteiger partial charge in [0, 0.05) is 37.8 Å². The highest BCUT2D eigenvalue weighted by Gasteiger charge is 2.20. The third kappa shape index (κ3) is 3.03. The van der Waals surface area contributed by atoms with E-state index in [1.807, 2.05) is 17.2 Å². The fourth-order valence-electron chi connectivity index (χ4n) is 2.16. The number of fused-ring (bicyclic) bond motifs is 1. The molecule has 2 N–H and O–H groups in total. The van der Waals surface area contributed by atoms with E-state index in [4.69, 9.17) is 5.73 Å². The molecule has 2 heterocycles. The highest BCUT2D eigenvalue weighted by atomic mass is 16.2. The van der Waals surface area contributed by atoms with Gasteiger partial charge in [0.2, 0.25) is 5.91 Å². The standard InChI is InChI=1S/C13H19N3O/c14-7-2-1-5-13(17)16-9-6-12-11(10-16)4-3-8-15-12/h3-4,8H,1-2,5-7,9-10,14H2. The minimum absolute atomic E-state index is 0.243. The van der Waals surface area contributed by atoms with Crippen LogP contribution in [0.15, 0.2) is 18.3 Å². The summed E-state index contributed by atoms with van der Waals surface area (Å²) in [6.45, 7) is 2.18. The number of nitrogens with two attached hydrogens (primary N) is 1. The lowest BCUT2D eigenvalue weighted by Gasteiger charge is -2.28. The maximum Gasteiger partial charge on any atom is 0.222 e. The SMILES string of the molecule is NCCCCC(=O)N1CCc2ncccc2C1. The van der Waals surface area contributed by atoms with Crippen LogP contribution in [-0.2, 0) is 17.8 Å². The summed E-state index contributed by atoms with van der Waals surface area (Å²) in [5.41, 5.74) is 7.75. The van der Waals surface area contributed by atoms with E-state index in [1.54, 1.807) is 0 Å². The average Bonchev–Trinajstić information content (AvgIpc) is 2.38. The molecule has 92 valence electrons. The molecule has 4 nitrogen and oxygen atoms in total. The van der Waals surface area contributed by atoms with Crippen molar-refractivity contribution in [2.75, 3.05) is 13.1 Å². The molecule has 0 atom stereocenters. The Morgan fingerprint density at radius 3 is 3.18 bits per heavy atom. The van der Waals surface area contributed by atoms with Crippen molar-refractivity contribution in [2.24, 2.45) is 5.73 Å². The zero-order chi connectivity index (χ0) is 12.1. The molecule has 0 spiro atoms. The fraction of sp³-hybridized carbons (Fsp3) is 0.538. The molecule has 0 aromatic carbocycles. The molecule has 17 heavy (non-hydrogen) atoms. The summed E-state index contributed by atoms with van der Waals surface area (Å²) in [5, 5.41) is 0. The summed E-state index contributed by atoms with van der Waals surface area (Å²) in [4.78, 5) is 18.2. The summed E-state index contributed by atoms with van der Waals surface area (Å²) in [6.07, 6.45) is 5.13. The van der Waals surface area contributed by atoms with Crippen molar-refractivity contribution in [1.29, 1.82) is 0 Å². The quantitative estimate of drug-likeness (QED) is 0.792. The van der Waals surface area contributed by atoms with E-state index < -0.39 is 0 Å². The average molecular weight is 233 g/mol. The molecule has 1 aromatic heterocycles. The Labute approximate surface area is 102 Å². The van der Waals surface area contributed by atoms with Crippen LogP contribution in [0.2, 0.25) is 0 Å². The number of rotatable bonds is 4. The summed E-state index contributed by atoms with van der Waals surface area (Å²) < 4.78 is 0. The molecule has 1 aliphatic rings. The first-order valence-corrected chi connectivity index (χ1v) is 6.22. The molecule has 1 aromatic rings. The maximum absolute atomic E-state index is 11.9. The second-order valence-electron chi connectivity index (χ2n) is 4.42. The molecule has 0 radical (unpaired) electrons. The second kappa shape index (κ2) is 5.77. The Kier molecular flexibility index (Phi) is 4.09. The number of hydrogen-bond donors (Lipinski definition) is 1. The summed E-state index contributed by atoms with van der Waals surface area (Å²) in [5.74, 6) is 0.243. The summed E-state index contributed by atoms with van der Waals surface area (Å²) >= 11 is 0. The van der Waals surface area contributed by atoms with E-state index in [0.717, 1.165) is 31.5 Å². The van der Waals surface area contributed by atoms with Gasteiger partial charge in [-0.3, -0.25) is 9.78 Å². The van der Waals surface area contributed by atoms with E-state index >= 15 is 0 Å². The zero-order valence-corrected chi connectivity index (χ0v) is 10.1. The van der Waals surface area contributed by atoms with Gasteiger partial charge in [0.15, 0.2) is 0 Å². The van der Waals surface area contributed by atoms with Crippen LogP contribution in [0.25, 0.3) is 0 Å². The van der Waals surface area contributed by atoms with Crippen molar-refractivity contribution in [3.05, 3.63) is 29.6 Å². The largest absolute Gasteiger partial charge is 0.338 e. The molecule has 0 saturated carbocycles. The van der Waals surface area contributed by atoms with Crippen LogP contribution in [-0.4, -0.2) is 28.9 Å². The molecular weight excluding hydrogens is 214 g/mol. The van der Waals surface area contributed by atoms with Gasteiger partial charge in [-0.25, -0.2) is 0 Å². The van der Waals surface area contributed by atoms with Gasteiger partial charge < -0.3 is 10.6 Å². The maximum atomic E-state index is 11.9. The smallest absolute Gasteiger partial charge is 0.222 e. The summed E-state index contributed by atoms with van der Waals surface area (Å²) in [7, 11) is 0. The number of aromatic nitrogens is 1. The molecule has 0 unspecified atom stereocenters. The van der Waals surface area contributed by atoms with Crippen LogP contribution in [0, 0.1) is 0 Å². The number of nitrogens with zero attached hydrogens (tertiary/aromatic N) is 2. The lowest BCUT2D eigenvalue weighted by molar-refractivity contribution is -0.132. The molecule has 0 bridgehead atoms. The van der Waals surface area contributed by atoms with Crippen LogP contribution >= 0.6 is 0 Å². The fourth-order valence-corrected chi connectivity index (χ4v) is 2.16. The molecule has 0 saturated heterocycles. The van der Waals surface area contributed by atoms with Gasteiger partial charge in [0.25, 0.3) is 0 Å². The van der Waals surface area contributed by atoms with Crippen molar-refractivity contribution < 1.29 is 4.79 Å². The van der Waals surface area contributed by atoms with Crippen LogP contribution < -0.4 is 5.73 Å². The zero-order valence-electron chi connectivity index (χ0n) is 10.1. The summed E-state index contributed by atoms with van der Waals surface area (Å²) in [6, 6.07) is 3.99. The predicted octanol–water partition coefficient (Wildman–Crippen LogP) is 1.10. The Morgan fingerprint density at radius 2 is 2.35 bits per heavy atom. The molecule has 1 amide bonds. The van der Waals surface area contributed by atoms with Crippen LogP contribution in [0.4, 0.5) is 0 Å². The van der Waals surface area contributed by atoms with E-state index in [-0.39, 0.29) is 5.91 Å². The number of unbranched alkanes of at least 4 members (excludes halogenated alkanes) is 1. The molecule has 2 rings (SSSR count). The van der Waals surface area contributed by atoms with E-state index in [0.29, 0.717) is 19.5 Å². The van der Waals surface area contributed by atoms with Crippen molar-refractivity contribution in [3.63, 3.8) is 0 Å². The first-order valence-electron chi connectivity index (χ1n) is 6.22. The van der Waals surface area contributed by atoms with Gasteiger partial charge >= 0.3 is 0 Å². The Morgan fingerprint density at radius 1 is 1.47 bits per heavy atom. The molecule has 0 fully saturated rings. The van der Waals surface area contributed by atoms with Crippen LogP contribution in [0.3, 0.4) is 0 Å². The number of carbonyl (C=O) groups excluding carboxylic acids is 1. The lowest BCUT2D eigenvalue weighted by atomic mass is 10.1. The van der Waals surface area contributed by atoms with Crippen molar-refractivity contribution in [2.45, 2.75) is 32.2 Å². The topological polar surface area (TPSA) is 59.2 Å². The van der Waals surface area contributed by atoms with Crippen LogP contribution in [0.5, 0.6) is 0 Å². The van der Waals surface area contributed by atoms with Gasteiger partial charge in [-0.2, -0.15) is 0 Å². The first kappa shape index (κ1) is 12.0. The Hall–Kier alpha value is -1.42. The van der Waals surface area contributed by atoms with Gasteiger partial charge in [0.05, 0.1) is 0 Å². The van der Waals surface area contributed by atoms with Gasteiger partial charge in [-0.15, -0.1) is 0 Å². The highest BCUT2D eigenvalue weighted by Crippen LogP contribution is 2.17. The van der Waals surface area contributed by atoms with E-state index in [9.17, 15) is 4.79 Å². The van der Waals surface area contributed by atoms with Crippen molar-refractivity contribution >= 4 is 5.91 Å². The lowest BCUT2D eigenvalue weighted by Crippen LogP contribution is -2.36.